The van der Waals surface area contributed by atoms with E-state index in [9.17, 15) is 19.5 Å². The minimum atomic E-state index is -0.935. The van der Waals surface area contributed by atoms with Crippen LogP contribution in [-0.4, -0.2) is 28.9 Å². The van der Waals surface area contributed by atoms with Crippen LogP contribution in [0.5, 0.6) is 0 Å². The van der Waals surface area contributed by atoms with Crippen molar-refractivity contribution in [2.24, 2.45) is 23.7 Å². The lowest BCUT2D eigenvalue weighted by molar-refractivity contribution is -0.146. The maximum atomic E-state index is 13.2. The van der Waals surface area contributed by atoms with Crippen molar-refractivity contribution < 1.29 is 19.5 Å². The summed E-state index contributed by atoms with van der Waals surface area (Å²) in [6.07, 6.45) is 6.51. The number of carboxylic acid groups (broad SMARTS) is 1. The van der Waals surface area contributed by atoms with Gasteiger partial charge in [-0.1, -0.05) is 42.0 Å². The molecule has 3 N–H and O–H groups in total. The van der Waals surface area contributed by atoms with Crippen LogP contribution in [0.15, 0.2) is 41.8 Å². The molecule has 0 unspecified atom stereocenters. The number of allylic oxidation sites excluding steroid dienone is 2. The third kappa shape index (κ3) is 3.67. The Labute approximate surface area is 184 Å². The van der Waals surface area contributed by atoms with Crippen molar-refractivity contribution in [1.82, 2.24) is 5.32 Å². The summed E-state index contributed by atoms with van der Waals surface area (Å²) < 4.78 is 0. The molecule has 0 radical (unpaired) electrons. The molecule has 0 saturated heterocycles. The van der Waals surface area contributed by atoms with Crippen LogP contribution in [0.25, 0.3) is 11.1 Å². The molecule has 160 valence electrons. The van der Waals surface area contributed by atoms with Crippen molar-refractivity contribution in [2.45, 2.75) is 32.2 Å². The van der Waals surface area contributed by atoms with Crippen molar-refractivity contribution in [3.05, 3.63) is 52.9 Å². The third-order valence-corrected chi connectivity index (χ3v) is 7.47. The topological polar surface area (TPSA) is 95.5 Å². The highest BCUT2D eigenvalue weighted by molar-refractivity contribution is 7.15. The summed E-state index contributed by atoms with van der Waals surface area (Å²) in [4.78, 5) is 38.1. The first kappa shape index (κ1) is 20.0. The lowest BCUT2D eigenvalue weighted by Crippen LogP contribution is -2.36. The fourth-order valence-corrected chi connectivity index (χ4v) is 5.79. The number of hydrogen-bond donors (Lipinski definition) is 3. The average molecular weight is 437 g/mol. The van der Waals surface area contributed by atoms with Gasteiger partial charge in [-0.3, -0.25) is 14.4 Å². The molecule has 3 aliphatic rings. The number of anilines is 1. The van der Waals surface area contributed by atoms with Crippen LogP contribution >= 0.6 is 11.3 Å². The molecule has 1 aromatic heterocycles. The summed E-state index contributed by atoms with van der Waals surface area (Å²) >= 11 is 1.31. The maximum absolute atomic E-state index is 13.2. The number of carbonyl (C=O) groups is 3. The van der Waals surface area contributed by atoms with Gasteiger partial charge in [0, 0.05) is 17.0 Å². The third-order valence-electron chi connectivity index (χ3n) is 6.58. The molecule has 1 heterocycles. The molecule has 1 aromatic carbocycles. The molecule has 31 heavy (non-hydrogen) atoms. The summed E-state index contributed by atoms with van der Waals surface area (Å²) in [5.74, 6) is -2.93. The van der Waals surface area contributed by atoms with Gasteiger partial charge in [-0.2, -0.15) is 0 Å². The van der Waals surface area contributed by atoms with E-state index < -0.39 is 17.8 Å². The monoisotopic (exact) mass is 436 g/mol. The quantitative estimate of drug-likeness (QED) is 0.595. The first-order valence-electron chi connectivity index (χ1n) is 10.6. The lowest BCUT2D eigenvalue weighted by atomic mass is 9.82. The zero-order valence-corrected chi connectivity index (χ0v) is 17.9. The van der Waals surface area contributed by atoms with Gasteiger partial charge in [0.05, 0.1) is 17.4 Å². The molecule has 5 rings (SSSR count). The normalized spacial score (nSPS) is 26.1. The molecule has 7 heteroatoms. The number of rotatable bonds is 6. The van der Waals surface area contributed by atoms with Crippen molar-refractivity contribution >= 4 is 34.1 Å². The summed E-state index contributed by atoms with van der Waals surface area (Å²) in [6, 6.07) is 8.12. The molecular formula is C24H24N2O4S. The second-order valence-corrected chi connectivity index (χ2v) is 9.67. The van der Waals surface area contributed by atoms with Gasteiger partial charge in [0.25, 0.3) is 5.91 Å². The van der Waals surface area contributed by atoms with E-state index in [2.05, 4.69) is 10.6 Å². The molecule has 2 fully saturated rings. The smallest absolute Gasteiger partial charge is 0.307 e. The fraction of sp³-hybridized carbons (Fsp3) is 0.375. The van der Waals surface area contributed by atoms with Crippen molar-refractivity contribution in [1.29, 1.82) is 0 Å². The van der Waals surface area contributed by atoms with Crippen molar-refractivity contribution in [2.75, 3.05) is 5.32 Å². The highest BCUT2D eigenvalue weighted by atomic mass is 32.1. The molecule has 2 aromatic rings. The zero-order valence-electron chi connectivity index (χ0n) is 17.1. The van der Waals surface area contributed by atoms with Gasteiger partial charge in [-0.25, -0.2) is 0 Å². The summed E-state index contributed by atoms with van der Waals surface area (Å²) in [7, 11) is 0. The predicted molar refractivity (Wildman–Crippen MR) is 119 cm³/mol. The molecule has 2 amide bonds. The number of benzene rings is 1. The largest absolute Gasteiger partial charge is 0.481 e. The van der Waals surface area contributed by atoms with Gasteiger partial charge in [0.15, 0.2) is 0 Å². The predicted octanol–water partition coefficient (Wildman–Crippen LogP) is 4.08. The standard InChI is InChI=1S/C24H24N2O4S/c1-12-2-4-13(5-3-12)17-11-31-23(20(17)22(28)25-16-8-9-16)26-21(27)18-14-6-7-15(10-14)19(18)24(29)30/h2-7,11,14-16,18-19H,8-10H2,1H3,(H,25,28)(H,26,27)(H,29,30)/t14-,15-,18+,19-/m0/s1. The molecule has 0 aliphatic heterocycles. The van der Waals surface area contributed by atoms with E-state index in [1.165, 1.54) is 11.3 Å². The summed E-state index contributed by atoms with van der Waals surface area (Å²) in [6.45, 7) is 2.01. The van der Waals surface area contributed by atoms with Gasteiger partial charge < -0.3 is 15.7 Å². The number of fused-ring (bicyclic) bond motifs is 2. The van der Waals surface area contributed by atoms with E-state index >= 15 is 0 Å². The number of nitrogens with one attached hydrogen (secondary N) is 2. The van der Waals surface area contributed by atoms with Crippen LogP contribution in [0.2, 0.25) is 0 Å². The molecule has 2 saturated carbocycles. The number of hydrogen-bond acceptors (Lipinski definition) is 4. The van der Waals surface area contributed by atoms with Crippen molar-refractivity contribution in [3.63, 3.8) is 0 Å². The summed E-state index contributed by atoms with van der Waals surface area (Å²) in [5, 5.41) is 18.0. The van der Waals surface area contributed by atoms with E-state index in [4.69, 9.17) is 0 Å². The SMILES string of the molecule is Cc1ccc(-c2csc(NC(=O)[C@H]3[C@@H](C(=O)O)[C@H]4C=C[C@H]3C4)c2C(=O)NC2CC2)cc1. The van der Waals surface area contributed by atoms with Gasteiger partial charge in [-0.05, 0) is 43.6 Å². The van der Waals surface area contributed by atoms with E-state index in [0.29, 0.717) is 17.0 Å². The molecule has 0 spiro atoms. The Hall–Kier alpha value is -2.93. The average Bonchev–Trinajstić information content (AvgIpc) is 3.15. The fourth-order valence-electron chi connectivity index (χ4n) is 4.82. The van der Waals surface area contributed by atoms with E-state index in [1.54, 1.807) is 0 Å². The van der Waals surface area contributed by atoms with E-state index in [1.807, 2.05) is 48.7 Å². The number of thiophene rings is 1. The van der Waals surface area contributed by atoms with E-state index in [-0.39, 0.29) is 29.7 Å². The molecular weight excluding hydrogens is 412 g/mol. The van der Waals surface area contributed by atoms with E-state index in [0.717, 1.165) is 29.5 Å². The Morgan fingerprint density at radius 2 is 1.71 bits per heavy atom. The Morgan fingerprint density at radius 3 is 2.35 bits per heavy atom. The van der Waals surface area contributed by atoms with Gasteiger partial charge in [0.2, 0.25) is 5.91 Å². The number of aliphatic carboxylic acids is 1. The van der Waals surface area contributed by atoms with Crippen LogP contribution < -0.4 is 10.6 Å². The maximum Gasteiger partial charge on any atom is 0.307 e. The second kappa shape index (κ2) is 7.64. The molecule has 3 aliphatic carbocycles. The first-order chi connectivity index (χ1) is 14.9. The zero-order chi connectivity index (χ0) is 21.7. The number of carbonyl (C=O) groups excluding carboxylic acids is 2. The van der Waals surface area contributed by atoms with Crippen LogP contribution in [-0.2, 0) is 9.59 Å². The first-order valence-corrected chi connectivity index (χ1v) is 11.5. The van der Waals surface area contributed by atoms with Crippen molar-refractivity contribution in [3.8, 4) is 11.1 Å². The number of aryl methyl sites for hydroxylation is 1. The minimum absolute atomic E-state index is 0.0635. The van der Waals surface area contributed by atoms with Crippen LogP contribution in [0.4, 0.5) is 5.00 Å². The Bertz CT molecular complexity index is 1080. The number of amides is 2. The van der Waals surface area contributed by atoms with Crippen LogP contribution in [0.1, 0.15) is 35.2 Å². The Morgan fingerprint density at radius 1 is 1.03 bits per heavy atom. The molecule has 6 nitrogen and oxygen atoms in total. The van der Waals surface area contributed by atoms with Gasteiger partial charge >= 0.3 is 5.97 Å². The Kier molecular flexibility index (Phi) is 4.93. The number of carboxylic acids is 1. The highest BCUT2D eigenvalue weighted by Crippen LogP contribution is 2.49. The van der Waals surface area contributed by atoms with Gasteiger partial charge in [-0.15, -0.1) is 11.3 Å². The summed E-state index contributed by atoms with van der Waals surface area (Å²) in [5.41, 5.74) is 3.27. The van der Waals surface area contributed by atoms with Gasteiger partial charge in [0.1, 0.15) is 5.00 Å². The van der Waals surface area contributed by atoms with Crippen LogP contribution in [0, 0.1) is 30.6 Å². The second-order valence-electron chi connectivity index (χ2n) is 8.79. The molecule has 2 bridgehead atoms. The lowest BCUT2D eigenvalue weighted by Gasteiger charge is -2.23. The van der Waals surface area contributed by atoms with Crippen LogP contribution in [0.3, 0.4) is 0 Å². The molecule has 4 atom stereocenters. The Balaban J connectivity index is 1.46. The minimum Gasteiger partial charge on any atom is -0.481 e. The highest BCUT2D eigenvalue weighted by Gasteiger charge is 2.51.